The van der Waals surface area contributed by atoms with Gasteiger partial charge in [-0.15, -0.1) is 6.58 Å². The summed E-state index contributed by atoms with van der Waals surface area (Å²) in [6, 6.07) is 0.439. The third-order valence-electron chi connectivity index (χ3n) is 3.02. The zero-order valence-corrected chi connectivity index (χ0v) is 8.79. The van der Waals surface area contributed by atoms with E-state index in [1.165, 1.54) is 0 Å². The Kier molecular flexibility index (Phi) is 3.51. The second-order valence-corrected chi connectivity index (χ2v) is 4.36. The van der Waals surface area contributed by atoms with E-state index in [4.69, 9.17) is 0 Å². The maximum absolute atomic E-state index is 9.87. The highest BCUT2D eigenvalue weighted by molar-refractivity contribution is 4.88. The van der Waals surface area contributed by atoms with Gasteiger partial charge in [0.1, 0.15) is 0 Å². The van der Waals surface area contributed by atoms with Gasteiger partial charge in [-0.2, -0.15) is 0 Å². The number of rotatable bonds is 2. The minimum Gasteiger partial charge on any atom is -0.390 e. The second kappa shape index (κ2) is 4.25. The minimum atomic E-state index is -0.449. The third-order valence-corrected chi connectivity index (χ3v) is 3.02. The topological polar surface area (TPSA) is 23.5 Å². The predicted molar refractivity (Wildman–Crippen MR) is 55.7 cm³/mol. The lowest BCUT2D eigenvalue weighted by molar-refractivity contribution is 0.0440. The zero-order valence-electron chi connectivity index (χ0n) is 8.79. The van der Waals surface area contributed by atoms with Crippen LogP contribution in [0, 0.1) is 0 Å². The molecule has 0 bridgehead atoms. The molecular formula is C11H21NO. The zero-order chi connectivity index (χ0) is 9.90. The molecule has 2 unspecified atom stereocenters. The lowest BCUT2D eigenvalue weighted by Crippen LogP contribution is -2.33. The van der Waals surface area contributed by atoms with E-state index in [0.717, 1.165) is 32.4 Å². The fourth-order valence-electron chi connectivity index (χ4n) is 1.84. The highest BCUT2D eigenvalue weighted by atomic mass is 16.3. The summed E-state index contributed by atoms with van der Waals surface area (Å²) in [6.45, 7) is 9.97. The molecule has 2 nitrogen and oxygen atoms in total. The molecule has 2 atom stereocenters. The second-order valence-electron chi connectivity index (χ2n) is 4.36. The fourth-order valence-corrected chi connectivity index (χ4v) is 1.84. The van der Waals surface area contributed by atoms with E-state index in [9.17, 15) is 5.11 Å². The predicted octanol–water partition coefficient (Wildman–Crippen LogP) is 1.80. The highest BCUT2D eigenvalue weighted by Crippen LogP contribution is 2.22. The van der Waals surface area contributed by atoms with Crippen molar-refractivity contribution in [3.8, 4) is 0 Å². The molecule has 1 saturated heterocycles. The molecule has 1 fully saturated rings. The molecule has 0 aromatic rings. The Morgan fingerprint density at radius 2 is 2.15 bits per heavy atom. The van der Waals surface area contributed by atoms with Crippen molar-refractivity contribution in [2.75, 3.05) is 13.1 Å². The van der Waals surface area contributed by atoms with Crippen LogP contribution in [-0.4, -0.2) is 34.7 Å². The fraction of sp³-hybridized carbons (Fsp3) is 0.818. The molecule has 0 aromatic carbocycles. The van der Waals surface area contributed by atoms with Gasteiger partial charge in [0.05, 0.1) is 5.60 Å². The molecule has 2 heteroatoms. The SMILES string of the molecule is C=CC(C)N1CCCC(C)(O)CC1. The van der Waals surface area contributed by atoms with Crippen LogP contribution in [0.5, 0.6) is 0 Å². The van der Waals surface area contributed by atoms with Crippen LogP contribution in [0.2, 0.25) is 0 Å². The Labute approximate surface area is 81.2 Å². The lowest BCUT2D eigenvalue weighted by atomic mass is 9.98. The van der Waals surface area contributed by atoms with Crippen molar-refractivity contribution in [1.29, 1.82) is 0 Å². The van der Waals surface area contributed by atoms with E-state index < -0.39 is 5.60 Å². The van der Waals surface area contributed by atoms with E-state index >= 15 is 0 Å². The molecular weight excluding hydrogens is 162 g/mol. The van der Waals surface area contributed by atoms with E-state index in [0.29, 0.717) is 6.04 Å². The number of hydrogen-bond acceptors (Lipinski definition) is 2. The summed E-state index contributed by atoms with van der Waals surface area (Å²) in [5.74, 6) is 0. The molecule has 0 radical (unpaired) electrons. The van der Waals surface area contributed by atoms with Crippen LogP contribution in [0.4, 0.5) is 0 Å². The van der Waals surface area contributed by atoms with Crippen LogP contribution in [0.25, 0.3) is 0 Å². The first-order chi connectivity index (χ1) is 6.05. The molecule has 0 saturated carbocycles. The average Bonchev–Trinajstić information content (AvgIpc) is 2.25. The molecule has 1 N–H and O–H groups in total. The molecule has 1 rings (SSSR count). The van der Waals surface area contributed by atoms with Gasteiger partial charge in [-0.05, 0) is 39.7 Å². The van der Waals surface area contributed by atoms with Gasteiger partial charge in [-0.1, -0.05) is 6.08 Å². The molecule has 1 aliphatic rings. The molecule has 13 heavy (non-hydrogen) atoms. The Morgan fingerprint density at radius 1 is 1.46 bits per heavy atom. The van der Waals surface area contributed by atoms with Crippen LogP contribution >= 0.6 is 0 Å². The molecule has 0 spiro atoms. The van der Waals surface area contributed by atoms with Crippen molar-refractivity contribution < 1.29 is 5.11 Å². The summed E-state index contributed by atoms with van der Waals surface area (Å²) in [6.07, 6.45) is 4.86. The van der Waals surface area contributed by atoms with E-state index in [1.807, 2.05) is 13.0 Å². The van der Waals surface area contributed by atoms with Gasteiger partial charge in [0.25, 0.3) is 0 Å². The summed E-state index contributed by atoms with van der Waals surface area (Å²) in [5, 5.41) is 9.87. The Morgan fingerprint density at radius 3 is 2.77 bits per heavy atom. The van der Waals surface area contributed by atoms with E-state index in [1.54, 1.807) is 0 Å². The maximum atomic E-state index is 9.87. The third kappa shape index (κ3) is 3.12. The van der Waals surface area contributed by atoms with Crippen LogP contribution in [-0.2, 0) is 0 Å². The van der Waals surface area contributed by atoms with Crippen molar-refractivity contribution in [1.82, 2.24) is 4.90 Å². The van der Waals surface area contributed by atoms with E-state index in [-0.39, 0.29) is 0 Å². The van der Waals surface area contributed by atoms with E-state index in [2.05, 4.69) is 18.4 Å². The monoisotopic (exact) mass is 183 g/mol. The van der Waals surface area contributed by atoms with Gasteiger partial charge in [0.2, 0.25) is 0 Å². The van der Waals surface area contributed by atoms with Crippen LogP contribution in [0.3, 0.4) is 0 Å². The lowest BCUT2D eigenvalue weighted by Gasteiger charge is -2.25. The average molecular weight is 183 g/mol. The molecule has 1 aliphatic heterocycles. The molecule has 1 heterocycles. The van der Waals surface area contributed by atoms with Crippen LogP contribution in [0.15, 0.2) is 12.7 Å². The minimum absolute atomic E-state index is 0.439. The van der Waals surface area contributed by atoms with Crippen molar-refractivity contribution in [2.45, 2.75) is 44.8 Å². The first-order valence-electron chi connectivity index (χ1n) is 5.14. The number of likely N-dealkylation sites (tertiary alicyclic amines) is 1. The summed E-state index contributed by atoms with van der Waals surface area (Å²) in [4.78, 5) is 2.38. The Bertz CT molecular complexity index is 177. The van der Waals surface area contributed by atoms with Crippen molar-refractivity contribution in [2.24, 2.45) is 0 Å². The van der Waals surface area contributed by atoms with Gasteiger partial charge in [-0.3, -0.25) is 4.90 Å². The van der Waals surface area contributed by atoms with Gasteiger partial charge < -0.3 is 5.11 Å². The summed E-state index contributed by atoms with van der Waals surface area (Å²) in [7, 11) is 0. The van der Waals surface area contributed by atoms with Crippen molar-refractivity contribution in [3.05, 3.63) is 12.7 Å². The number of hydrogen-bond donors (Lipinski definition) is 1. The standard InChI is InChI=1S/C11H21NO/c1-4-10(2)12-8-5-6-11(3,13)7-9-12/h4,10,13H,1,5-9H2,2-3H3. The number of nitrogens with zero attached hydrogens (tertiary/aromatic N) is 1. The summed E-state index contributed by atoms with van der Waals surface area (Å²) in [5.41, 5.74) is -0.449. The van der Waals surface area contributed by atoms with Gasteiger partial charge in [0, 0.05) is 12.6 Å². The summed E-state index contributed by atoms with van der Waals surface area (Å²) < 4.78 is 0. The first-order valence-corrected chi connectivity index (χ1v) is 5.14. The Balaban J connectivity index is 2.49. The van der Waals surface area contributed by atoms with Crippen molar-refractivity contribution >= 4 is 0 Å². The first kappa shape index (κ1) is 10.7. The van der Waals surface area contributed by atoms with Crippen LogP contribution < -0.4 is 0 Å². The Hall–Kier alpha value is -0.340. The molecule has 0 amide bonds. The quantitative estimate of drug-likeness (QED) is 0.660. The van der Waals surface area contributed by atoms with Crippen LogP contribution in [0.1, 0.15) is 33.1 Å². The largest absolute Gasteiger partial charge is 0.390 e. The highest BCUT2D eigenvalue weighted by Gasteiger charge is 2.25. The van der Waals surface area contributed by atoms with Gasteiger partial charge >= 0.3 is 0 Å². The molecule has 76 valence electrons. The molecule has 0 aliphatic carbocycles. The summed E-state index contributed by atoms with van der Waals surface area (Å²) >= 11 is 0. The van der Waals surface area contributed by atoms with Gasteiger partial charge in [-0.25, -0.2) is 0 Å². The smallest absolute Gasteiger partial charge is 0.0632 e. The normalized spacial score (nSPS) is 33.8. The van der Waals surface area contributed by atoms with Crippen molar-refractivity contribution in [3.63, 3.8) is 0 Å². The van der Waals surface area contributed by atoms with Gasteiger partial charge in [0.15, 0.2) is 0 Å². The maximum Gasteiger partial charge on any atom is 0.0632 e. The number of aliphatic hydroxyl groups is 1. The molecule has 0 aromatic heterocycles.